The first-order valence-corrected chi connectivity index (χ1v) is 10.2. The largest absolute Gasteiger partial charge is 0.360 e. The Balaban J connectivity index is 1.58. The van der Waals surface area contributed by atoms with Gasteiger partial charge in [-0.05, 0) is 31.0 Å². The number of sulfonamides is 1. The fraction of sp³-hybridized carbons (Fsp3) is 0.176. The number of aromatic nitrogens is 1. The SMILES string of the molecule is Cc1cc(NC(=O)c2cc(S(=O)(=O)N3CCc4ccccc43)cs2)no1. The number of carbonyl (C=O) groups is 1. The summed E-state index contributed by atoms with van der Waals surface area (Å²) in [6.45, 7) is 2.11. The summed E-state index contributed by atoms with van der Waals surface area (Å²) in [5, 5.41) is 7.77. The predicted octanol–water partition coefficient (Wildman–Crippen LogP) is 3.05. The molecular formula is C17H15N3O4S2. The highest BCUT2D eigenvalue weighted by Gasteiger charge is 2.31. The number of thiophene rings is 1. The Labute approximate surface area is 154 Å². The monoisotopic (exact) mass is 389 g/mol. The van der Waals surface area contributed by atoms with Crippen molar-refractivity contribution >= 4 is 38.8 Å². The summed E-state index contributed by atoms with van der Waals surface area (Å²) < 4.78 is 32.2. The minimum atomic E-state index is -3.70. The van der Waals surface area contributed by atoms with Crippen LogP contribution in [0, 0.1) is 6.92 Å². The van der Waals surface area contributed by atoms with Crippen molar-refractivity contribution in [3.63, 3.8) is 0 Å². The third kappa shape index (κ3) is 2.89. The summed E-state index contributed by atoms with van der Waals surface area (Å²) in [4.78, 5) is 12.7. The van der Waals surface area contributed by atoms with Gasteiger partial charge >= 0.3 is 0 Å². The highest BCUT2D eigenvalue weighted by atomic mass is 32.2. The molecule has 1 N–H and O–H groups in total. The molecule has 3 aromatic rings. The lowest BCUT2D eigenvalue weighted by atomic mass is 10.2. The summed E-state index contributed by atoms with van der Waals surface area (Å²) in [5.41, 5.74) is 1.70. The molecule has 9 heteroatoms. The Hall–Kier alpha value is -2.65. The maximum absolute atomic E-state index is 13.0. The average molecular weight is 389 g/mol. The molecule has 0 radical (unpaired) electrons. The standard InChI is InChI=1S/C17H15N3O4S2/c1-11-8-16(19-24-11)18-17(21)15-9-13(10-25-15)26(22,23)20-7-6-12-4-2-3-5-14(12)20/h2-5,8-10H,6-7H2,1H3,(H,18,19,21). The van der Waals surface area contributed by atoms with E-state index < -0.39 is 15.9 Å². The minimum Gasteiger partial charge on any atom is -0.360 e. The number of rotatable bonds is 4. The molecule has 1 aliphatic heterocycles. The molecule has 0 saturated carbocycles. The van der Waals surface area contributed by atoms with Crippen LogP contribution >= 0.6 is 11.3 Å². The number of hydrogen-bond acceptors (Lipinski definition) is 6. The first kappa shape index (κ1) is 16.8. The second kappa shape index (κ2) is 6.26. The van der Waals surface area contributed by atoms with Crippen LogP contribution in [-0.2, 0) is 16.4 Å². The molecule has 1 amide bonds. The maximum Gasteiger partial charge on any atom is 0.267 e. The number of aryl methyl sites for hydroxylation is 1. The lowest BCUT2D eigenvalue weighted by Crippen LogP contribution is -2.28. The molecule has 26 heavy (non-hydrogen) atoms. The zero-order valence-corrected chi connectivity index (χ0v) is 15.4. The molecule has 0 spiro atoms. The number of benzene rings is 1. The molecule has 3 heterocycles. The molecule has 0 unspecified atom stereocenters. The summed E-state index contributed by atoms with van der Waals surface area (Å²) in [7, 11) is -3.70. The van der Waals surface area contributed by atoms with E-state index in [4.69, 9.17) is 4.52 Å². The van der Waals surface area contributed by atoms with E-state index in [1.807, 2.05) is 18.2 Å². The fourth-order valence-corrected chi connectivity index (χ4v) is 5.52. The van der Waals surface area contributed by atoms with Gasteiger partial charge in [-0.2, -0.15) is 0 Å². The van der Waals surface area contributed by atoms with Crippen LogP contribution in [0.2, 0.25) is 0 Å². The number of para-hydroxylation sites is 1. The van der Waals surface area contributed by atoms with Gasteiger partial charge in [0.1, 0.15) is 5.76 Å². The van der Waals surface area contributed by atoms with Crippen molar-refractivity contribution in [3.8, 4) is 0 Å². The third-order valence-corrected chi connectivity index (χ3v) is 6.97. The second-order valence-electron chi connectivity index (χ2n) is 5.88. The lowest BCUT2D eigenvalue weighted by Gasteiger charge is -2.18. The van der Waals surface area contributed by atoms with Gasteiger partial charge in [0.05, 0.1) is 15.5 Å². The van der Waals surface area contributed by atoms with Crippen LogP contribution in [0.15, 0.2) is 51.2 Å². The predicted molar refractivity (Wildman–Crippen MR) is 98.2 cm³/mol. The number of nitrogens with zero attached hydrogens (tertiary/aromatic N) is 2. The molecule has 0 bridgehead atoms. The average Bonchev–Trinajstić information content (AvgIpc) is 3.34. The molecule has 1 aromatic carbocycles. The van der Waals surface area contributed by atoms with E-state index in [2.05, 4.69) is 10.5 Å². The first-order chi connectivity index (χ1) is 12.4. The van der Waals surface area contributed by atoms with E-state index in [1.54, 1.807) is 19.1 Å². The van der Waals surface area contributed by atoms with Crippen molar-refractivity contribution in [2.45, 2.75) is 18.2 Å². The van der Waals surface area contributed by atoms with Crippen LogP contribution in [0.4, 0.5) is 11.5 Å². The number of anilines is 2. The number of fused-ring (bicyclic) bond motifs is 1. The van der Waals surface area contributed by atoms with Gasteiger partial charge in [0.2, 0.25) is 0 Å². The molecule has 4 rings (SSSR count). The Morgan fingerprint density at radius 2 is 2.12 bits per heavy atom. The normalized spacial score (nSPS) is 13.7. The van der Waals surface area contributed by atoms with Crippen LogP contribution in [0.5, 0.6) is 0 Å². The molecular weight excluding hydrogens is 374 g/mol. The lowest BCUT2D eigenvalue weighted by molar-refractivity contribution is 0.102. The maximum atomic E-state index is 13.0. The Kier molecular flexibility index (Phi) is 4.04. The fourth-order valence-electron chi connectivity index (χ4n) is 2.86. The van der Waals surface area contributed by atoms with Crippen LogP contribution in [-0.4, -0.2) is 26.0 Å². The number of amides is 1. The summed E-state index contributed by atoms with van der Waals surface area (Å²) in [5.74, 6) is 0.438. The molecule has 0 aliphatic carbocycles. The van der Waals surface area contributed by atoms with Crippen LogP contribution in [0.1, 0.15) is 21.0 Å². The van der Waals surface area contributed by atoms with Gasteiger partial charge < -0.3 is 9.84 Å². The molecule has 0 saturated heterocycles. The second-order valence-corrected chi connectivity index (χ2v) is 8.65. The summed E-state index contributed by atoms with van der Waals surface area (Å²) in [6.07, 6.45) is 0.679. The molecule has 0 atom stereocenters. The number of hydrogen-bond donors (Lipinski definition) is 1. The molecule has 134 valence electrons. The van der Waals surface area contributed by atoms with Gasteiger partial charge in [-0.25, -0.2) is 8.42 Å². The number of nitrogens with one attached hydrogen (secondary N) is 1. The van der Waals surface area contributed by atoms with Gasteiger partial charge in [0, 0.05) is 18.0 Å². The van der Waals surface area contributed by atoms with E-state index in [9.17, 15) is 13.2 Å². The van der Waals surface area contributed by atoms with Gasteiger partial charge in [-0.15, -0.1) is 11.3 Å². The number of carbonyl (C=O) groups excluding carboxylic acids is 1. The van der Waals surface area contributed by atoms with Crippen LogP contribution < -0.4 is 9.62 Å². The van der Waals surface area contributed by atoms with Crippen molar-refractivity contribution in [1.29, 1.82) is 0 Å². The third-order valence-electron chi connectivity index (χ3n) is 4.10. The summed E-state index contributed by atoms with van der Waals surface area (Å²) in [6, 6.07) is 10.4. The van der Waals surface area contributed by atoms with Gasteiger partial charge in [0.25, 0.3) is 15.9 Å². The quantitative estimate of drug-likeness (QED) is 0.740. The Bertz CT molecular complexity index is 1080. The van der Waals surface area contributed by atoms with E-state index in [-0.39, 0.29) is 9.77 Å². The van der Waals surface area contributed by atoms with E-state index in [1.165, 1.54) is 15.8 Å². The Morgan fingerprint density at radius 3 is 2.88 bits per heavy atom. The van der Waals surface area contributed by atoms with E-state index in [0.717, 1.165) is 16.9 Å². The van der Waals surface area contributed by atoms with Crippen molar-refractivity contribution in [2.24, 2.45) is 0 Å². The van der Waals surface area contributed by atoms with E-state index in [0.29, 0.717) is 30.2 Å². The summed E-state index contributed by atoms with van der Waals surface area (Å²) >= 11 is 1.07. The van der Waals surface area contributed by atoms with E-state index >= 15 is 0 Å². The van der Waals surface area contributed by atoms with Crippen LogP contribution in [0.3, 0.4) is 0 Å². The highest BCUT2D eigenvalue weighted by molar-refractivity contribution is 7.93. The Morgan fingerprint density at radius 1 is 1.31 bits per heavy atom. The highest BCUT2D eigenvalue weighted by Crippen LogP contribution is 2.34. The van der Waals surface area contributed by atoms with Crippen LogP contribution in [0.25, 0.3) is 0 Å². The van der Waals surface area contributed by atoms with Gasteiger partial charge in [0.15, 0.2) is 5.82 Å². The molecule has 7 nitrogen and oxygen atoms in total. The molecule has 0 fully saturated rings. The molecule has 1 aliphatic rings. The van der Waals surface area contributed by atoms with Crippen molar-refractivity contribution < 1.29 is 17.7 Å². The first-order valence-electron chi connectivity index (χ1n) is 7.89. The zero-order chi connectivity index (χ0) is 18.3. The smallest absolute Gasteiger partial charge is 0.267 e. The van der Waals surface area contributed by atoms with Gasteiger partial charge in [-0.1, -0.05) is 23.4 Å². The topological polar surface area (TPSA) is 92.5 Å². The minimum absolute atomic E-state index is 0.112. The van der Waals surface area contributed by atoms with Gasteiger partial charge in [-0.3, -0.25) is 9.10 Å². The van der Waals surface area contributed by atoms with Crippen molar-refractivity contribution in [3.05, 3.63) is 58.0 Å². The zero-order valence-electron chi connectivity index (χ0n) is 13.8. The molecule has 2 aromatic heterocycles. The van der Waals surface area contributed by atoms with Crippen molar-refractivity contribution in [2.75, 3.05) is 16.2 Å². The van der Waals surface area contributed by atoms with Crippen molar-refractivity contribution in [1.82, 2.24) is 5.16 Å².